The second-order valence-corrected chi connectivity index (χ2v) is 4.53. The van der Waals surface area contributed by atoms with E-state index in [0.29, 0.717) is 5.02 Å². The van der Waals surface area contributed by atoms with Crippen LogP contribution in [0, 0.1) is 12.8 Å². The number of hydrogen-bond donors (Lipinski definition) is 2. The van der Waals surface area contributed by atoms with Crippen LogP contribution in [-0.4, -0.2) is 11.9 Å². The van der Waals surface area contributed by atoms with E-state index in [1.54, 1.807) is 19.1 Å². The maximum atomic E-state index is 11.8. The molecule has 1 amide bonds. The molecule has 0 aliphatic heterocycles. The highest BCUT2D eigenvalue weighted by Gasteiger charge is 2.17. The molecule has 0 heterocycles. The van der Waals surface area contributed by atoms with E-state index in [2.05, 4.69) is 5.32 Å². The van der Waals surface area contributed by atoms with Gasteiger partial charge in [0.15, 0.2) is 0 Å². The van der Waals surface area contributed by atoms with Crippen molar-refractivity contribution in [2.24, 2.45) is 11.7 Å². The molecule has 0 aliphatic rings. The number of rotatable bonds is 3. The monoisotopic (exact) mass is 276 g/mol. The smallest absolute Gasteiger partial charge is 0.228 e. The molecule has 1 aromatic rings. The molecule has 0 radical (unpaired) electrons. The number of anilines is 1. The molecular formula is C12H18Cl2N2O. The van der Waals surface area contributed by atoms with E-state index in [9.17, 15) is 4.79 Å². The summed E-state index contributed by atoms with van der Waals surface area (Å²) in [5.41, 5.74) is 7.39. The van der Waals surface area contributed by atoms with Crippen molar-refractivity contribution < 1.29 is 4.79 Å². The minimum atomic E-state index is -0.224. The maximum absolute atomic E-state index is 11.8. The highest BCUT2D eigenvalue weighted by molar-refractivity contribution is 6.31. The number of carbonyl (C=O) groups excluding carboxylic acids is 1. The van der Waals surface area contributed by atoms with Crippen LogP contribution in [0.2, 0.25) is 5.02 Å². The maximum Gasteiger partial charge on any atom is 0.228 e. The van der Waals surface area contributed by atoms with Gasteiger partial charge in [-0.2, -0.15) is 0 Å². The summed E-state index contributed by atoms with van der Waals surface area (Å²) in [6.07, 6.45) is 0. The van der Waals surface area contributed by atoms with E-state index < -0.39 is 0 Å². The molecule has 5 heteroatoms. The van der Waals surface area contributed by atoms with Crippen LogP contribution in [-0.2, 0) is 4.79 Å². The molecule has 0 saturated carbocycles. The van der Waals surface area contributed by atoms with Crippen LogP contribution in [0.1, 0.15) is 19.4 Å². The first kappa shape index (κ1) is 16.2. The van der Waals surface area contributed by atoms with Gasteiger partial charge in [-0.25, -0.2) is 0 Å². The number of amides is 1. The normalized spacial score (nSPS) is 13.5. The molecule has 0 spiro atoms. The van der Waals surface area contributed by atoms with Crippen molar-refractivity contribution in [3.63, 3.8) is 0 Å². The van der Waals surface area contributed by atoms with Crippen LogP contribution in [0.3, 0.4) is 0 Å². The summed E-state index contributed by atoms with van der Waals surface area (Å²) in [5, 5.41) is 3.43. The molecule has 0 aromatic heterocycles. The Bertz CT molecular complexity index is 394. The third-order valence-corrected chi connectivity index (χ3v) is 2.89. The lowest BCUT2D eigenvalue weighted by molar-refractivity contribution is -0.119. The van der Waals surface area contributed by atoms with Gasteiger partial charge in [0.1, 0.15) is 0 Å². The van der Waals surface area contributed by atoms with Gasteiger partial charge in [-0.15, -0.1) is 12.4 Å². The number of aryl methyl sites for hydroxylation is 1. The summed E-state index contributed by atoms with van der Waals surface area (Å²) >= 11 is 5.87. The lowest BCUT2D eigenvalue weighted by atomic mass is 10.0. The molecule has 3 nitrogen and oxygen atoms in total. The SMILES string of the molecule is Cc1ccc(Cl)cc1NC(=O)C(C)C(C)N.Cl. The van der Waals surface area contributed by atoms with E-state index in [1.807, 2.05) is 19.9 Å². The molecule has 1 aromatic carbocycles. The summed E-state index contributed by atoms with van der Waals surface area (Å²) < 4.78 is 0. The quantitative estimate of drug-likeness (QED) is 0.892. The van der Waals surface area contributed by atoms with E-state index in [-0.39, 0.29) is 30.3 Å². The van der Waals surface area contributed by atoms with Crippen LogP contribution in [0.25, 0.3) is 0 Å². The van der Waals surface area contributed by atoms with E-state index in [0.717, 1.165) is 11.3 Å². The third kappa shape index (κ3) is 4.54. The molecule has 2 unspecified atom stereocenters. The number of benzene rings is 1. The minimum absolute atomic E-state index is 0. The first-order chi connectivity index (χ1) is 7.41. The van der Waals surface area contributed by atoms with Gasteiger partial charge >= 0.3 is 0 Å². The van der Waals surface area contributed by atoms with E-state index >= 15 is 0 Å². The summed E-state index contributed by atoms with van der Waals surface area (Å²) in [4.78, 5) is 11.8. The van der Waals surface area contributed by atoms with Crippen LogP contribution < -0.4 is 11.1 Å². The standard InChI is InChI=1S/C12H17ClN2O.ClH/c1-7-4-5-10(13)6-11(7)15-12(16)8(2)9(3)14;/h4-6,8-9H,14H2,1-3H3,(H,15,16);1H. The fourth-order valence-electron chi connectivity index (χ4n) is 1.21. The molecule has 0 fully saturated rings. The highest BCUT2D eigenvalue weighted by atomic mass is 35.5. The Labute approximate surface area is 113 Å². The van der Waals surface area contributed by atoms with Crippen molar-refractivity contribution in [1.82, 2.24) is 0 Å². The van der Waals surface area contributed by atoms with Crippen LogP contribution in [0.4, 0.5) is 5.69 Å². The lowest BCUT2D eigenvalue weighted by Gasteiger charge is -2.16. The zero-order valence-electron chi connectivity index (χ0n) is 10.2. The van der Waals surface area contributed by atoms with Gasteiger partial charge in [0, 0.05) is 16.8 Å². The number of nitrogens with two attached hydrogens (primary N) is 1. The Hall–Kier alpha value is -0.770. The second kappa shape index (κ2) is 6.84. The van der Waals surface area contributed by atoms with Gasteiger partial charge in [0.05, 0.1) is 5.92 Å². The lowest BCUT2D eigenvalue weighted by Crippen LogP contribution is -2.34. The molecule has 0 bridgehead atoms. The van der Waals surface area contributed by atoms with Crippen molar-refractivity contribution >= 4 is 35.6 Å². The predicted octanol–water partition coefficient (Wildman–Crippen LogP) is 2.99. The van der Waals surface area contributed by atoms with Crippen LogP contribution in [0.15, 0.2) is 18.2 Å². The summed E-state index contributed by atoms with van der Waals surface area (Å²) in [7, 11) is 0. The first-order valence-corrected chi connectivity index (χ1v) is 5.62. The first-order valence-electron chi connectivity index (χ1n) is 5.24. The van der Waals surface area contributed by atoms with Gasteiger partial charge in [0.25, 0.3) is 0 Å². The van der Waals surface area contributed by atoms with Gasteiger partial charge in [-0.05, 0) is 31.5 Å². The summed E-state index contributed by atoms with van der Waals surface area (Å²) in [5.74, 6) is -0.307. The van der Waals surface area contributed by atoms with Crippen LogP contribution in [0.5, 0.6) is 0 Å². The Balaban J connectivity index is 0.00000256. The number of carbonyl (C=O) groups is 1. The van der Waals surface area contributed by atoms with Gasteiger partial charge in [-0.1, -0.05) is 24.6 Å². The molecule has 0 aliphatic carbocycles. The zero-order chi connectivity index (χ0) is 12.3. The average Bonchev–Trinajstić information content (AvgIpc) is 2.22. The third-order valence-electron chi connectivity index (χ3n) is 2.66. The molecule has 3 N–H and O–H groups in total. The minimum Gasteiger partial charge on any atom is -0.327 e. The largest absolute Gasteiger partial charge is 0.327 e. The molecule has 2 atom stereocenters. The van der Waals surface area contributed by atoms with E-state index in [4.69, 9.17) is 17.3 Å². The summed E-state index contributed by atoms with van der Waals surface area (Å²) in [6, 6.07) is 5.23. The zero-order valence-corrected chi connectivity index (χ0v) is 11.7. The number of halogens is 2. The van der Waals surface area contributed by atoms with Gasteiger partial charge < -0.3 is 11.1 Å². The average molecular weight is 277 g/mol. The second-order valence-electron chi connectivity index (χ2n) is 4.10. The van der Waals surface area contributed by atoms with Crippen molar-refractivity contribution in [2.45, 2.75) is 26.8 Å². The fraction of sp³-hybridized carbons (Fsp3) is 0.417. The Morgan fingerprint density at radius 1 is 1.41 bits per heavy atom. The van der Waals surface area contributed by atoms with Crippen LogP contribution >= 0.6 is 24.0 Å². The van der Waals surface area contributed by atoms with Crippen molar-refractivity contribution in [2.75, 3.05) is 5.32 Å². The number of hydrogen-bond acceptors (Lipinski definition) is 2. The highest BCUT2D eigenvalue weighted by Crippen LogP contribution is 2.20. The molecule has 96 valence electrons. The summed E-state index contributed by atoms with van der Waals surface area (Å²) in [6.45, 7) is 5.54. The fourth-order valence-corrected chi connectivity index (χ4v) is 1.39. The topological polar surface area (TPSA) is 55.1 Å². The molecule has 1 rings (SSSR count). The van der Waals surface area contributed by atoms with E-state index in [1.165, 1.54) is 0 Å². The van der Waals surface area contributed by atoms with Gasteiger partial charge in [-0.3, -0.25) is 4.79 Å². The Morgan fingerprint density at radius 3 is 2.53 bits per heavy atom. The molecule has 17 heavy (non-hydrogen) atoms. The predicted molar refractivity (Wildman–Crippen MR) is 74.9 cm³/mol. The molecule has 0 saturated heterocycles. The van der Waals surface area contributed by atoms with Crippen molar-refractivity contribution in [3.05, 3.63) is 28.8 Å². The van der Waals surface area contributed by atoms with Crippen molar-refractivity contribution in [1.29, 1.82) is 0 Å². The Kier molecular flexibility index (Phi) is 6.53. The molecular weight excluding hydrogens is 259 g/mol. The van der Waals surface area contributed by atoms with Gasteiger partial charge in [0.2, 0.25) is 5.91 Å². The van der Waals surface area contributed by atoms with Crippen molar-refractivity contribution in [3.8, 4) is 0 Å². The number of nitrogens with one attached hydrogen (secondary N) is 1. The Morgan fingerprint density at radius 2 is 2.00 bits per heavy atom.